The van der Waals surface area contributed by atoms with Crippen molar-refractivity contribution in [3.05, 3.63) is 95.6 Å². The number of nitriles is 2. The molecule has 1 unspecified atom stereocenters. The van der Waals surface area contributed by atoms with Gasteiger partial charge in [-0.3, -0.25) is 0 Å². The molecule has 0 radical (unpaired) electrons. The van der Waals surface area contributed by atoms with Crippen LogP contribution in [0.2, 0.25) is 0 Å². The van der Waals surface area contributed by atoms with Gasteiger partial charge in [0, 0.05) is 25.3 Å². The molecule has 0 aliphatic carbocycles. The van der Waals surface area contributed by atoms with Crippen LogP contribution in [0.5, 0.6) is 0 Å². The van der Waals surface area contributed by atoms with E-state index in [-0.39, 0.29) is 23.5 Å². The van der Waals surface area contributed by atoms with E-state index in [1.165, 1.54) is 16.4 Å². The monoisotopic (exact) mass is 484 g/mol. The van der Waals surface area contributed by atoms with Gasteiger partial charge in [0.05, 0.1) is 16.5 Å². The maximum atomic E-state index is 13.7. The van der Waals surface area contributed by atoms with Crippen LogP contribution in [0, 0.1) is 29.7 Å². The smallest absolute Gasteiger partial charge is 0.245 e. The molecule has 1 heterocycles. The highest BCUT2D eigenvalue weighted by Gasteiger charge is 2.39. The number of sulfonamides is 1. The molecule has 8 nitrogen and oxygen atoms in total. The zero-order valence-corrected chi connectivity index (χ0v) is 20.0. The van der Waals surface area contributed by atoms with Crippen LogP contribution < -0.4 is 5.32 Å². The van der Waals surface area contributed by atoms with Gasteiger partial charge in [-0.1, -0.05) is 60.7 Å². The molecule has 1 atom stereocenters. The van der Waals surface area contributed by atoms with Gasteiger partial charge < -0.3 is 10.2 Å². The van der Waals surface area contributed by atoms with Crippen molar-refractivity contribution in [1.82, 2.24) is 9.21 Å². The first-order valence-corrected chi connectivity index (χ1v) is 12.5. The van der Waals surface area contributed by atoms with Crippen molar-refractivity contribution >= 4 is 21.7 Å². The molecule has 0 amide bonds. The van der Waals surface area contributed by atoms with E-state index in [0.717, 1.165) is 16.8 Å². The van der Waals surface area contributed by atoms with Gasteiger partial charge >= 0.3 is 0 Å². The number of aliphatic imine (C=N–C) groups is 1. The summed E-state index contributed by atoms with van der Waals surface area (Å²) in [5, 5.41) is 22.1. The Kier molecular flexibility index (Phi) is 7.11. The number of para-hydroxylation sites is 1. The summed E-state index contributed by atoms with van der Waals surface area (Å²) in [6.07, 6.45) is 1.86. The predicted molar refractivity (Wildman–Crippen MR) is 134 cm³/mol. The molecule has 1 aliphatic rings. The minimum Gasteiger partial charge on any atom is -0.339 e. The SMILES string of the molecule is Cc1ccccc1N/C(=N/C#N)N1CCN(S(=O)(=O)c2ccccc2C#N)C(c2ccccc2)C1. The summed E-state index contributed by atoms with van der Waals surface area (Å²) in [5.41, 5.74) is 2.72. The van der Waals surface area contributed by atoms with Crippen LogP contribution >= 0.6 is 0 Å². The number of hydrogen-bond donors (Lipinski definition) is 1. The molecule has 0 bridgehead atoms. The van der Waals surface area contributed by atoms with E-state index in [1.807, 2.05) is 78.7 Å². The summed E-state index contributed by atoms with van der Waals surface area (Å²) in [7, 11) is -3.97. The number of nitrogens with one attached hydrogen (secondary N) is 1. The van der Waals surface area contributed by atoms with E-state index in [1.54, 1.807) is 12.1 Å². The summed E-state index contributed by atoms with van der Waals surface area (Å²) >= 11 is 0. The van der Waals surface area contributed by atoms with Gasteiger partial charge in [-0.15, -0.1) is 4.99 Å². The molecule has 9 heteroatoms. The van der Waals surface area contributed by atoms with Crippen molar-refractivity contribution in [1.29, 1.82) is 10.5 Å². The lowest BCUT2D eigenvalue weighted by Gasteiger charge is -2.41. The molecule has 35 heavy (non-hydrogen) atoms. The van der Waals surface area contributed by atoms with Crippen LogP contribution in [0.3, 0.4) is 0 Å². The van der Waals surface area contributed by atoms with Gasteiger partial charge in [0.25, 0.3) is 0 Å². The van der Waals surface area contributed by atoms with Crippen LogP contribution in [0.1, 0.15) is 22.7 Å². The van der Waals surface area contributed by atoms with E-state index in [0.29, 0.717) is 12.5 Å². The number of guanidine groups is 1. The van der Waals surface area contributed by atoms with Crippen LogP contribution in [0.25, 0.3) is 0 Å². The summed E-state index contributed by atoms with van der Waals surface area (Å²) in [6.45, 7) is 2.70. The minimum atomic E-state index is -3.97. The number of hydrogen-bond acceptors (Lipinski definition) is 5. The Morgan fingerprint density at radius 1 is 0.971 bits per heavy atom. The third-order valence-electron chi connectivity index (χ3n) is 5.96. The van der Waals surface area contributed by atoms with Crippen LogP contribution in [0.15, 0.2) is 88.8 Å². The first-order valence-electron chi connectivity index (χ1n) is 11.1. The normalized spacial score (nSPS) is 16.8. The highest BCUT2D eigenvalue weighted by atomic mass is 32.2. The molecule has 0 saturated carbocycles. The lowest BCUT2D eigenvalue weighted by Crippen LogP contribution is -2.53. The van der Waals surface area contributed by atoms with E-state index in [2.05, 4.69) is 10.3 Å². The topological polar surface area (TPSA) is 113 Å². The average Bonchev–Trinajstić information content (AvgIpc) is 2.89. The van der Waals surface area contributed by atoms with Crippen molar-refractivity contribution in [2.45, 2.75) is 17.9 Å². The number of nitrogens with zero attached hydrogens (tertiary/aromatic N) is 5. The molecule has 3 aromatic carbocycles. The molecule has 1 saturated heterocycles. The fraction of sp³-hybridized carbons (Fsp3) is 0.192. The Balaban J connectivity index is 1.71. The zero-order valence-electron chi connectivity index (χ0n) is 19.2. The van der Waals surface area contributed by atoms with E-state index >= 15 is 0 Å². The quantitative estimate of drug-likeness (QED) is 0.342. The van der Waals surface area contributed by atoms with E-state index in [4.69, 9.17) is 0 Å². The highest BCUT2D eigenvalue weighted by molar-refractivity contribution is 7.89. The van der Waals surface area contributed by atoms with Crippen LogP contribution in [-0.2, 0) is 10.0 Å². The summed E-state index contributed by atoms with van der Waals surface area (Å²) in [4.78, 5) is 5.88. The molecule has 1 fully saturated rings. The molecule has 0 spiro atoms. The van der Waals surface area contributed by atoms with Gasteiger partial charge in [0.15, 0.2) is 0 Å². The number of aryl methyl sites for hydroxylation is 1. The number of anilines is 1. The Morgan fingerprint density at radius 2 is 1.66 bits per heavy atom. The molecule has 1 aliphatic heterocycles. The Hall–Kier alpha value is -4.18. The molecular formula is C26H24N6O2S. The van der Waals surface area contributed by atoms with Crippen molar-refractivity contribution in [2.75, 3.05) is 25.0 Å². The lowest BCUT2D eigenvalue weighted by atomic mass is 10.0. The third-order valence-corrected chi connectivity index (χ3v) is 7.92. The van der Waals surface area contributed by atoms with Crippen LogP contribution in [0.4, 0.5) is 5.69 Å². The van der Waals surface area contributed by atoms with Gasteiger partial charge in [-0.25, -0.2) is 8.42 Å². The molecule has 3 aromatic rings. The minimum absolute atomic E-state index is 0.0131. The van der Waals surface area contributed by atoms with Crippen LogP contribution in [-0.4, -0.2) is 43.2 Å². The standard InChI is InChI=1S/C26H24N6O2S/c1-20-9-5-7-13-23(20)30-26(29-19-28)31-15-16-32(24(18-31)21-10-3-2-4-11-21)35(33,34)25-14-8-6-12-22(25)17-27/h2-14,24H,15-16,18H2,1H3,(H,29,30). The second-order valence-electron chi connectivity index (χ2n) is 8.07. The predicted octanol–water partition coefficient (Wildman–Crippen LogP) is 3.86. The molecule has 176 valence electrons. The Morgan fingerprint density at radius 3 is 2.37 bits per heavy atom. The Bertz CT molecular complexity index is 1420. The molecule has 0 aromatic heterocycles. The lowest BCUT2D eigenvalue weighted by molar-refractivity contribution is 0.194. The highest BCUT2D eigenvalue weighted by Crippen LogP contribution is 2.32. The maximum absolute atomic E-state index is 13.7. The van der Waals surface area contributed by atoms with Crippen molar-refractivity contribution in [3.8, 4) is 12.3 Å². The summed E-state index contributed by atoms with van der Waals surface area (Å²) < 4.78 is 28.9. The summed E-state index contributed by atoms with van der Waals surface area (Å²) in [6, 6.07) is 24.7. The molecular weight excluding hydrogens is 460 g/mol. The number of benzene rings is 3. The fourth-order valence-corrected chi connectivity index (χ4v) is 5.90. The first-order chi connectivity index (χ1) is 17.0. The molecule has 4 rings (SSSR count). The van der Waals surface area contributed by atoms with Gasteiger partial charge in [-0.05, 0) is 36.2 Å². The largest absolute Gasteiger partial charge is 0.339 e. The maximum Gasteiger partial charge on any atom is 0.245 e. The van der Waals surface area contributed by atoms with Gasteiger partial charge in [0.1, 0.15) is 6.07 Å². The fourth-order valence-electron chi connectivity index (χ4n) is 4.16. The zero-order chi connectivity index (χ0) is 24.8. The van der Waals surface area contributed by atoms with E-state index < -0.39 is 16.1 Å². The number of piperazine rings is 1. The summed E-state index contributed by atoms with van der Waals surface area (Å²) in [5.74, 6) is 0.359. The third kappa shape index (κ3) is 5.02. The average molecular weight is 485 g/mol. The van der Waals surface area contributed by atoms with Crippen molar-refractivity contribution < 1.29 is 8.42 Å². The van der Waals surface area contributed by atoms with Crippen molar-refractivity contribution in [2.24, 2.45) is 4.99 Å². The first kappa shape index (κ1) is 24.0. The second-order valence-corrected chi connectivity index (χ2v) is 9.93. The molecule has 1 N–H and O–H groups in total. The van der Waals surface area contributed by atoms with Gasteiger partial charge in [-0.2, -0.15) is 14.8 Å². The van der Waals surface area contributed by atoms with Gasteiger partial charge in [0.2, 0.25) is 22.2 Å². The number of rotatable bonds is 4. The van der Waals surface area contributed by atoms with Crippen molar-refractivity contribution in [3.63, 3.8) is 0 Å². The second kappa shape index (κ2) is 10.4. The van der Waals surface area contributed by atoms with E-state index in [9.17, 15) is 18.9 Å². The Labute approximate surface area is 205 Å².